The van der Waals surface area contributed by atoms with Gasteiger partial charge >= 0.3 is 0 Å². The summed E-state index contributed by atoms with van der Waals surface area (Å²) in [4.78, 5) is 1.29. The molecule has 90 valence electrons. The molecule has 0 radical (unpaired) electrons. The average Bonchev–Trinajstić information content (AvgIpc) is 2.35. The van der Waals surface area contributed by atoms with Gasteiger partial charge in [0, 0.05) is 14.8 Å². The smallest absolute Gasteiger partial charge is 0.152 e. The summed E-state index contributed by atoms with van der Waals surface area (Å²) >= 11 is 10.2. The van der Waals surface area contributed by atoms with Crippen LogP contribution in [0.1, 0.15) is 5.56 Å². The molecule has 0 aliphatic heterocycles. The van der Waals surface area contributed by atoms with E-state index in [4.69, 9.17) is 16.9 Å². The lowest BCUT2D eigenvalue weighted by Gasteiger charge is -2.06. The third kappa shape index (κ3) is 2.86. The average molecular weight is 343 g/mol. The highest BCUT2D eigenvalue weighted by Gasteiger charge is 2.12. The summed E-state index contributed by atoms with van der Waals surface area (Å²) in [6, 6.07) is 12.3. The summed E-state index contributed by atoms with van der Waals surface area (Å²) in [5.74, 6) is -0.431. The Morgan fingerprint density at radius 3 is 2.72 bits per heavy atom. The first-order valence-corrected chi connectivity index (χ1v) is 6.92. The zero-order valence-corrected chi connectivity index (χ0v) is 12.1. The highest BCUT2D eigenvalue weighted by molar-refractivity contribution is 9.10. The van der Waals surface area contributed by atoms with Crippen LogP contribution >= 0.6 is 39.3 Å². The largest absolute Gasteiger partial charge is 0.204 e. The van der Waals surface area contributed by atoms with Crippen molar-refractivity contribution < 1.29 is 4.39 Å². The fraction of sp³-hybridized carbons (Fsp3) is 0. The molecule has 0 saturated carbocycles. The molecule has 0 spiro atoms. The van der Waals surface area contributed by atoms with Crippen LogP contribution in [0.25, 0.3) is 0 Å². The van der Waals surface area contributed by atoms with E-state index in [1.807, 2.05) is 12.1 Å². The van der Waals surface area contributed by atoms with Gasteiger partial charge in [-0.3, -0.25) is 0 Å². The quantitative estimate of drug-likeness (QED) is 0.743. The normalized spacial score (nSPS) is 10.1. The minimum Gasteiger partial charge on any atom is -0.204 e. The van der Waals surface area contributed by atoms with Crippen molar-refractivity contribution in [1.29, 1.82) is 5.26 Å². The second-order valence-corrected chi connectivity index (χ2v) is 5.76. The Balaban J connectivity index is 2.36. The van der Waals surface area contributed by atoms with E-state index >= 15 is 0 Å². The lowest BCUT2D eigenvalue weighted by atomic mass is 10.2. The second kappa shape index (κ2) is 5.75. The molecular weight excluding hydrogens is 337 g/mol. The SMILES string of the molecule is N#Cc1ccc(Sc2cccc(Cl)c2)c(F)c1Br. The van der Waals surface area contributed by atoms with Crippen LogP contribution < -0.4 is 0 Å². The maximum Gasteiger partial charge on any atom is 0.152 e. The summed E-state index contributed by atoms with van der Waals surface area (Å²) in [6.07, 6.45) is 0. The molecule has 0 bridgehead atoms. The van der Waals surface area contributed by atoms with Gasteiger partial charge in [0.05, 0.1) is 10.0 Å². The van der Waals surface area contributed by atoms with E-state index in [0.717, 1.165) is 4.90 Å². The Hall–Kier alpha value is -1.02. The van der Waals surface area contributed by atoms with E-state index in [1.165, 1.54) is 11.8 Å². The van der Waals surface area contributed by atoms with E-state index in [1.54, 1.807) is 30.3 Å². The summed E-state index contributed by atoms with van der Waals surface area (Å²) in [6.45, 7) is 0. The molecule has 0 aliphatic carbocycles. The molecule has 0 amide bonds. The molecule has 2 rings (SSSR count). The van der Waals surface area contributed by atoms with Crippen LogP contribution in [-0.4, -0.2) is 0 Å². The predicted molar refractivity (Wildman–Crippen MR) is 74.4 cm³/mol. The number of nitriles is 1. The number of halogens is 3. The topological polar surface area (TPSA) is 23.8 Å². The molecule has 18 heavy (non-hydrogen) atoms. The van der Waals surface area contributed by atoms with Crippen molar-refractivity contribution in [2.75, 3.05) is 0 Å². The highest BCUT2D eigenvalue weighted by atomic mass is 79.9. The first-order valence-electron chi connectivity index (χ1n) is 4.93. The van der Waals surface area contributed by atoms with Gasteiger partial charge < -0.3 is 0 Å². The van der Waals surface area contributed by atoms with Crippen molar-refractivity contribution in [2.24, 2.45) is 0 Å². The second-order valence-electron chi connectivity index (χ2n) is 3.41. The molecule has 0 aliphatic rings. The van der Waals surface area contributed by atoms with Gasteiger partial charge in [0.25, 0.3) is 0 Å². The zero-order chi connectivity index (χ0) is 13.1. The fourth-order valence-electron chi connectivity index (χ4n) is 1.35. The van der Waals surface area contributed by atoms with Crippen molar-refractivity contribution in [1.82, 2.24) is 0 Å². The zero-order valence-electron chi connectivity index (χ0n) is 8.95. The van der Waals surface area contributed by atoms with Gasteiger partial charge in [-0.15, -0.1) is 0 Å². The number of hydrogen-bond donors (Lipinski definition) is 0. The lowest BCUT2D eigenvalue weighted by molar-refractivity contribution is 0.594. The Labute approximate surface area is 122 Å². The summed E-state index contributed by atoms with van der Waals surface area (Å²) in [7, 11) is 0. The summed E-state index contributed by atoms with van der Waals surface area (Å²) in [5, 5.41) is 9.39. The van der Waals surface area contributed by atoms with E-state index in [2.05, 4.69) is 15.9 Å². The maximum atomic E-state index is 14.0. The lowest BCUT2D eigenvalue weighted by Crippen LogP contribution is -1.87. The van der Waals surface area contributed by atoms with E-state index < -0.39 is 5.82 Å². The Morgan fingerprint density at radius 1 is 1.28 bits per heavy atom. The standard InChI is InChI=1S/C13H6BrClFNS/c14-12-8(7-17)4-5-11(13(12)16)18-10-3-1-2-9(15)6-10/h1-6H. The third-order valence-electron chi connectivity index (χ3n) is 2.19. The molecule has 5 heteroatoms. The fourth-order valence-corrected chi connectivity index (χ4v) is 3.09. The maximum absolute atomic E-state index is 14.0. The highest BCUT2D eigenvalue weighted by Crippen LogP contribution is 2.35. The van der Waals surface area contributed by atoms with Gasteiger partial charge in [-0.1, -0.05) is 29.4 Å². The molecule has 2 aromatic rings. The minimum atomic E-state index is -0.431. The van der Waals surface area contributed by atoms with Gasteiger partial charge in [-0.05, 0) is 46.3 Å². The van der Waals surface area contributed by atoms with Crippen molar-refractivity contribution >= 4 is 39.3 Å². The number of rotatable bonds is 2. The Bertz CT molecular complexity index is 639. The van der Waals surface area contributed by atoms with Crippen LogP contribution in [0, 0.1) is 17.1 Å². The van der Waals surface area contributed by atoms with Gasteiger partial charge in [0.2, 0.25) is 0 Å². The van der Waals surface area contributed by atoms with Crippen molar-refractivity contribution in [3.63, 3.8) is 0 Å². The van der Waals surface area contributed by atoms with Crippen LogP contribution in [0.2, 0.25) is 5.02 Å². The summed E-state index contributed by atoms with van der Waals surface area (Å²) < 4.78 is 14.2. The van der Waals surface area contributed by atoms with Crippen molar-refractivity contribution in [3.8, 4) is 6.07 Å². The Morgan fingerprint density at radius 2 is 2.06 bits per heavy atom. The van der Waals surface area contributed by atoms with Crippen LogP contribution in [0.4, 0.5) is 4.39 Å². The monoisotopic (exact) mass is 341 g/mol. The third-order valence-corrected chi connectivity index (χ3v) is 4.23. The van der Waals surface area contributed by atoms with Crippen molar-refractivity contribution in [3.05, 3.63) is 57.3 Å². The van der Waals surface area contributed by atoms with Gasteiger partial charge in [0.15, 0.2) is 5.82 Å². The number of hydrogen-bond acceptors (Lipinski definition) is 2. The number of benzene rings is 2. The first-order chi connectivity index (χ1) is 8.61. The van der Waals surface area contributed by atoms with Gasteiger partial charge in [0.1, 0.15) is 6.07 Å². The summed E-state index contributed by atoms with van der Waals surface area (Å²) in [5.41, 5.74) is 0.281. The molecule has 0 N–H and O–H groups in total. The van der Waals surface area contributed by atoms with E-state index in [0.29, 0.717) is 9.92 Å². The number of nitrogens with zero attached hydrogens (tertiary/aromatic N) is 1. The minimum absolute atomic E-state index is 0.192. The van der Waals surface area contributed by atoms with Gasteiger partial charge in [-0.25, -0.2) is 4.39 Å². The van der Waals surface area contributed by atoms with E-state index in [9.17, 15) is 4.39 Å². The molecule has 0 heterocycles. The molecule has 0 unspecified atom stereocenters. The molecule has 0 aromatic heterocycles. The van der Waals surface area contributed by atoms with Crippen LogP contribution in [0.5, 0.6) is 0 Å². The van der Waals surface area contributed by atoms with Crippen LogP contribution in [-0.2, 0) is 0 Å². The van der Waals surface area contributed by atoms with E-state index in [-0.39, 0.29) is 10.0 Å². The first kappa shape index (κ1) is 13.4. The molecule has 0 atom stereocenters. The predicted octanol–water partition coefficient (Wildman–Crippen LogP) is 5.26. The van der Waals surface area contributed by atoms with Crippen molar-refractivity contribution in [2.45, 2.75) is 9.79 Å². The van der Waals surface area contributed by atoms with Gasteiger partial charge in [-0.2, -0.15) is 5.26 Å². The molecule has 2 aromatic carbocycles. The van der Waals surface area contributed by atoms with Crippen LogP contribution in [0.15, 0.2) is 50.7 Å². The molecule has 0 fully saturated rings. The molecule has 0 saturated heterocycles. The van der Waals surface area contributed by atoms with Crippen LogP contribution in [0.3, 0.4) is 0 Å². The molecule has 1 nitrogen and oxygen atoms in total. The molecular formula is C13H6BrClFNS. The Kier molecular flexibility index (Phi) is 4.28.